The minimum Gasteiger partial charge on any atom is -0.326 e. The lowest BCUT2D eigenvalue weighted by Crippen LogP contribution is -2.45. The number of likely N-dealkylation sites (tertiary alicyclic amines) is 1. The predicted molar refractivity (Wildman–Crippen MR) is 68.7 cm³/mol. The second-order valence-electron chi connectivity index (χ2n) is 5.11. The van der Waals surface area contributed by atoms with Gasteiger partial charge in [0, 0.05) is 38.5 Å². The van der Waals surface area contributed by atoms with Gasteiger partial charge in [-0.15, -0.1) is 0 Å². The number of alkyl halides is 2. The predicted octanol–water partition coefficient (Wildman–Crippen LogP) is 2.29. The van der Waals surface area contributed by atoms with Crippen molar-refractivity contribution in [1.29, 1.82) is 0 Å². The van der Waals surface area contributed by atoms with Crippen LogP contribution in [-0.2, 0) is 6.42 Å². The molecule has 2 rings (SSSR count). The fourth-order valence-electron chi connectivity index (χ4n) is 2.38. The Balaban J connectivity index is 1.77. The molecule has 4 heteroatoms. The van der Waals surface area contributed by atoms with Crippen LogP contribution in [0.1, 0.15) is 18.4 Å². The zero-order chi connectivity index (χ0) is 13.0. The summed E-state index contributed by atoms with van der Waals surface area (Å²) in [5.74, 6) is -2.47. The van der Waals surface area contributed by atoms with E-state index in [1.54, 1.807) is 0 Å². The van der Waals surface area contributed by atoms with Gasteiger partial charge in [-0.2, -0.15) is 0 Å². The highest BCUT2D eigenvalue weighted by Crippen LogP contribution is 2.27. The van der Waals surface area contributed by atoms with E-state index in [-0.39, 0.29) is 18.9 Å². The van der Waals surface area contributed by atoms with Crippen LogP contribution < -0.4 is 5.73 Å². The number of piperidine rings is 1. The van der Waals surface area contributed by atoms with E-state index in [2.05, 4.69) is 0 Å². The minimum absolute atomic E-state index is 0.0131. The molecule has 1 saturated heterocycles. The number of hydrogen-bond donors (Lipinski definition) is 1. The zero-order valence-corrected chi connectivity index (χ0v) is 10.5. The van der Waals surface area contributed by atoms with Crippen molar-refractivity contribution in [3.8, 4) is 0 Å². The lowest BCUT2D eigenvalue weighted by atomic mass is 10.0. The molecule has 1 heterocycles. The summed E-state index contributed by atoms with van der Waals surface area (Å²) < 4.78 is 26.0. The summed E-state index contributed by atoms with van der Waals surface area (Å²) in [4.78, 5) is 2.05. The highest BCUT2D eigenvalue weighted by atomic mass is 19.3. The van der Waals surface area contributed by atoms with Crippen molar-refractivity contribution in [3.63, 3.8) is 0 Å². The average Bonchev–Trinajstić information content (AvgIpc) is 2.33. The molecule has 2 nitrogen and oxygen atoms in total. The Morgan fingerprint density at radius 3 is 2.39 bits per heavy atom. The van der Waals surface area contributed by atoms with E-state index in [0.29, 0.717) is 19.6 Å². The first kappa shape index (κ1) is 13.4. The maximum absolute atomic E-state index is 13.0. The van der Waals surface area contributed by atoms with Gasteiger partial charge in [0.2, 0.25) is 0 Å². The molecule has 1 aromatic rings. The molecule has 18 heavy (non-hydrogen) atoms. The van der Waals surface area contributed by atoms with E-state index in [4.69, 9.17) is 5.73 Å². The molecule has 0 radical (unpaired) electrons. The van der Waals surface area contributed by atoms with Crippen molar-refractivity contribution in [2.75, 3.05) is 19.6 Å². The van der Waals surface area contributed by atoms with Crippen LogP contribution in [0.4, 0.5) is 8.78 Å². The van der Waals surface area contributed by atoms with E-state index in [1.165, 1.54) is 5.56 Å². The third-order valence-electron chi connectivity index (χ3n) is 3.42. The standard InChI is InChI=1S/C14H20F2N2/c15-14(16)6-8-18(9-7-14)11-13(17)10-12-4-2-1-3-5-12/h1-5,13H,6-11,17H2. The van der Waals surface area contributed by atoms with E-state index in [0.717, 1.165) is 6.42 Å². The average molecular weight is 254 g/mol. The van der Waals surface area contributed by atoms with Gasteiger partial charge in [0.05, 0.1) is 0 Å². The van der Waals surface area contributed by atoms with Gasteiger partial charge < -0.3 is 10.6 Å². The molecule has 0 aliphatic carbocycles. The Kier molecular flexibility index (Phi) is 4.30. The highest BCUT2D eigenvalue weighted by Gasteiger charge is 2.34. The fraction of sp³-hybridized carbons (Fsp3) is 0.571. The summed E-state index contributed by atoms with van der Waals surface area (Å²) in [5, 5.41) is 0. The second kappa shape index (κ2) is 5.76. The molecule has 1 aromatic carbocycles. The van der Waals surface area contributed by atoms with Crippen molar-refractivity contribution < 1.29 is 8.78 Å². The SMILES string of the molecule is NC(Cc1ccccc1)CN1CCC(F)(F)CC1. The first-order chi connectivity index (χ1) is 8.55. The Bertz CT molecular complexity index is 357. The molecule has 0 saturated carbocycles. The molecular formula is C14H20F2N2. The van der Waals surface area contributed by atoms with Gasteiger partial charge in [-0.25, -0.2) is 8.78 Å². The number of nitrogens with zero attached hydrogens (tertiary/aromatic N) is 1. The molecule has 0 amide bonds. The van der Waals surface area contributed by atoms with Gasteiger partial charge in [-0.1, -0.05) is 30.3 Å². The Morgan fingerprint density at radius 2 is 1.78 bits per heavy atom. The Hall–Kier alpha value is -1.00. The van der Waals surface area contributed by atoms with Crippen LogP contribution in [0.25, 0.3) is 0 Å². The Labute approximate surface area is 107 Å². The third kappa shape index (κ3) is 4.03. The van der Waals surface area contributed by atoms with Crippen LogP contribution in [0, 0.1) is 0 Å². The summed E-state index contributed by atoms with van der Waals surface area (Å²) in [7, 11) is 0. The van der Waals surface area contributed by atoms with Crippen LogP contribution in [0.2, 0.25) is 0 Å². The quantitative estimate of drug-likeness (QED) is 0.893. The van der Waals surface area contributed by atoms with E-state index in [9.17, 15) is 8.78 Å². The van der Waals surface area contributed by atoms with Gasteiger partial charge >= 0.3 is 0 Å². The molecule has 1 fully saturated rings. The van der Waals surface area contributed by atoms with Crippen molar-refractivity contribution in [1.82, 2.24) is 4.90 Å². The Morgan fingerprint density at radius 1 is 1.17 bits per heavy atom. The van der Waals surface area contributed by atoms with Gasteiger partial charge in [0.25, 0.3) is 5.92 Å². The zero-order valence-electron chi connectivity index (χ0n) is 10.5. The summed E-state index contributed by atoms with van der Waals surface area (Å²) in [6, 6.07) is 10.1. The molecule has 0 bridgehead atoms. The summed E-state index contributed by atoms with van der Waals surface area (Å²) >= 11 is 0. The molecule has 1 aliphatic heterocycles. The van der Waals surface area contributed by atoms with Crippen LogP contribution in [-0.4, -0.2) is 36.5 Å². The number of hydrogen-bond acceptors (Lipinski definition) is 2. The normalized spacial score (nSPS) is 21.7. The van der Waals surface area contributed by atoms with Crippen LogP contribution in [0.3, 0.4) is 0 Å². The van der Waals surface area contributed by atoms with Crippen LogP contribution >= 0.6 is 0 Å². The van der Waals surface area contributed by atoms with Gasteiger partial charge in [-0.05, 0) is 12.0 Å². The molecule has 0 spiro atoms. The lowest BCUT2D eigenvalue weighted by Gasteiger charge is -2.33. The van der Waals surface area contributed by atoms with Crippen molar-refractivity contribution in [2.45, 2.75) is 31.2 Å². The number of nitrogens with two attached hydrogens (primary N) is 1. The maximum Gasteiger partial charge on any atom is 0.250 e. The van der Waals surface area contributed by atoms with E-state index in [1.807, 2.05) is 35.2 Å². The molecular weight excluding hydrogens is 234 g/mol. The van der Waals surface area contributed by atoms with Crippen molar-refractivity contribution in [3.05, 3.63) is 35.9 Å². The number of rotatable bonds is 4. The fourth-order valence-corrected chi connectivity index (χ4v) is 2.38. The third-order valence-corrected chi connectivity index (χ3v) is 3.42. The van der Waals surface area contributed by atoms with Gasteiger partial charge in [-0.3, -0.25) is 0 Å². The molecule has 100 valence electrons. The van der Waals surface area contributed by atoms with E-state index >= 15 is 0 Å². The number of benzene rings is 1. The van der Waals surface area contributed by atoms with Crippen LogP contribution in [0.15, 0.2) is 30.3 Å². The largest absolute Gasteiger partial charge is 0.326 e. The highest BCUT2D eigenvalue weighted by molar-refractivity contribution is 5.15. The summed E-state index contributed by atoms with van der Waals surface area (Å²) in [5.41, 5.74) is 7.28. The molecule has 0 aromatic heterocycles. The van der Waals surface area contributed by atoms with Gasteiger partial charge in [0.15, 0.2) is 0 Å². The molecule has 2 N–H and O–H groups in total. The first-order valence-corrected chi connectivity index (χ1v) is 6.45. The van der Waals surface area contributed by atoms with Crippen molar-refractivity contribution >= 4 is 0 Å². The monoisotopic (exact) mass is 254 g/mol. The number of halogens is 2. The van der Waals surface area contributed by atoms with Crippen LogP contribution in [0.5, 0.6) is 0 Å². The smallest absolute Gasteiger partial charge is 0.250 e. The molecule has 1 aliphatic rings. The first-order valence-electron chi connectivity index (χ1n) is 6.45. The topological polar surface area (TPSA) is 29.3 Å². The van der Waals surface area contributed by atoms with E-state index < -0.39 is 5.92 Å². The molecule has 1 atom stereocenters. The van der Waals surface area contributed by atoms with Gasteiger partial charge in [0.1, 0.15) is 0 Å². The minimum atomic E-state index is -2.47. The van der Waals surface area contributed by atoms with Crippen molar-refractivity contribution in [2.24, 2.45) is 5.73 Å². The maximum atomic E-state index is 13.0. The molecule has 1 unspecified atom stereocenters. The summed E-state index contributed by atoms with van der Waals surface area (Å²) in [6.07, 6.45) is 0.726. The summed E-state index contributed by atoms with van der Waals surface area (Å²) in [6.45, 7) is 1.61. The second-order valence-corrected chi connectivity index (χ2v) is 5.11. The lowest BCUT2D eigenvalue weighted by molar-refractivity contribution is -0.0558.